The average molecular weight is 413 g/mol. The van der Waals surface area contributed by atoms with E-state index in [0.29, 0.717) is 30.6 Å². The van der Waals surface area contributed by atoms with Gasteiger partial charge in [0.1, 0.15) is 5.69 Å². The zero-order valence-electron chi connectivity index (χ0n) is 17.8. The Labute approximate surface area is 178 Å². The molecular formula is C22H32N6O2. The molecular weight excluding hydrogens is 380 g/mol. The summed E-state index contributed by atoms with van der Waals surface area (Å²) in [5.74, 6) is 1.13. The van der Waals surface area contributed by atoms with Gasteiger partial charge in [-0.2, -0.15) is 9.97 Å². The Morgan fingerprint density at radius 2 is 2.13 bits per heavy atom. The number of amides is 1. The van der Waals surface area contributed by atoms with Crippen LogP contribution in [0.5, 0.6) is 6.01 Å². The molecule has 0 bridgehead atoms. The van der Waals surface area contributed by atoms with Crippen molar-refractivity contribution in [3.8, 4) is 6.01 Å². The van der Waals surface area contributed by atoms with E-state index in [9.17, 15) is 4.79 Å². The predicted octanol–water partition coefficient (Wildman–Crippen LogP) is 2.59. The van der Waals surface area contributed by atoms with Gasteiger partial charge in [-0.15, -0.1) is 0 Å². The normalized spacial score (nSPS) is 21.4. The second-order valence-corrected chi connectivity index (χ2v) is 8.34. The van der Waals surface area contributed by atoms with Crippen LogP contribution in [0.2, 0.25) is 0 Å². The lowest BCUT2D eigenvalue weighted by molar-refractivity contribution is -0.115. The van der Waals surface area contributed by atoms with E-state index in [-0.39, 0.29) is 24.3 Å². The van der Waals surface area contributed by atoms with Crippen LogP contribution in [0, 0.1) is 5.92 Å². The third-order valence-corrected chi connectivity index (χ3v) is 5.81. The highest BCUT2D eigenvalue weighted by atomic mass is 16.5. The van der Waals surface area contributed by atoms with E-state index < -0.39 is 0 Å². The van der Waals surface area contributed by atoms with E-state index in [4.69, 9.17) is 10.5 Å². The number of nitrogen functional groups attached to an aromatic ring is 1. The molecule has 3 N–H and O–H groups in total. The summed E-state index contributed by atoms with van der Waals surface area (Å²) in [4.78, 5) is 25.6. The van der Waals surface area contributed by atoms with E-state index in [1.54, 1.807) is 0 Å². The highest BCUT2D eigenvalue weighted by Gasteiger charge is 2.29. The fourth-order valence-electron chi connectivity index (χ4n) is 4.28. The van der Waals surface area contributed by atoms with Crippen LogP contribution in [0.1, 0.15) is 39.0 Å². The first-order valence-corrected chi connectivity index (χ1v) is 11.1. The summed E-state index contributed by atoms with van der Waals surface area (Å²) < 4.78 is 5.68. The Hall–Kier alpha value is -2.61. The largest absolute Gasteiger partial charge is 0.463 e. The number of rotatable bonds is 8. The lowest BCUT2D eigenvalue weighted by atomic mass is 9.95. The molecule has 3 aliphatic rings. The third kappa shape index (κ3) is 4.92. The van der Waals surface area contributed by atoms with Crippen molar-refractivity contribution in [1.82, 2.24) is 14.9 Å². The zero-order chi connectivity index (χ0) is 20.9. The fourth-order valence-corrected chi connectivity index (χ4v) is 4.28. The molecule has 8 nitrogen and oxygen atoms in total. The van der Waals surface area contributed by atoms with E-state index in [0.717, 1.165) is 25.8 Å². The van der Waals surface area contributed by atoms with Crippen LogP contribution >= 0.6 is 0 Å². The number of nitrogens with zero attached hydrogens (tertiary/aromatic N) is 4. The number of carbonyl (C=O) groups is 1. The van der Waals surface area contributed by atoms with Gasteiger partial charge < -0.3 is 20.7 Å². The Balaban J connectivity index is 1.49. The average Bonchev–Trinajstić information content (AvgIpc) is 3.22. The molecule has 162 valence electrons. The van der Waals surface area contributed by atoms with Crippen LogP contribution in [-0.2, 0) is 4.79 Å². The molecule has 2 aliphatic heterocycles. The fraction of sp³-hybridized carbons (Fsp3) is 0.591. The lowest BCUT2D eigenvalue weighted by Crippen LogP contribution is -2.42. The van der Waals surface area contributed by atoms with Crippen LogP contribution in [0.25, 0.3) is 0 Å². The Bertz CT molecular complexity index is 831. The number of ether oxygens (including phenoxy) is 1. The van der Waals surface area contributed by atoms with Gasteiger partial charge in [0.15, 0.2) is 11.6 Å². The molecule has 1 amide bonds. The Kier molecular flexibility index (Phi) is 6.52. The number of hydrogen-bond donors (Lipinski definition) is 2. The summed E-state index contributed by atoms with van der Waals surface area (Å²) in [6.45, 7) is 7.00. The van der Waals surface area contributed by atoms with Crippen LogP contribution in [0.3, 0.4) is 0 Å². The number of likely N-dealkylation sites (tertiary alicyclic amines) is 1. The number of nitrogens with two attached hydrogens (primary N) is 1. The van der Waals surface area contributed by atoms with Crippen molar-refractivity contribution in [2.75, 3.05) is 55.3 Å². The maximum Gasteiger partial charge on any atom is 0.320 e. The molecule has 30 heavy (non-hydrogen) atoms. The zero-order valence-corrected chi connectivity index (χ0v) is 17.8. The van der Waals surface area contributed by atoms with Crippen molar-refractivity contribution in [3.63, 3.8) is 0 Å². The minimum Gasteiger partial charge on any atom is -0.463 e. The molecule has 1 fully saturated rings. The molecule has 4 rings (SSSR count). The van der Waals surface area contributed by atoms with E-state index in [1.165, 1.54) is 31.5 Å². The van der Waals surface area contributed by atoms with Gasteiger partial charge in [-0.1, -0.05) is 31.6 Å². The molecule has 1 aromatic rings. The summed E-state index contributed by atoms with van der Waals surface area (Å²) >= 11 is 0. The maximum atomic E-state index is 12.3. The van der Waals surface area contributed by atoms with Gasteiger partial charge in [0, 0.05) is 13.1 Å². The molecule has 1 aromatic heterocycles. The van der Waals surface area contributed by atoms with Crippen molar-refractivity contribution in [2.24, 2.45) is 5.92 Å². The van der Waals surface area contributed by atoms with E-state index >= 15 is 0 Å². The number of fused-ring (bicyclic) bond motifs is 1. The standard InChI is InChI=1S/C22H32N6O2/c1-2-3-11-30-22-25-20(23)19-21(26-22)28(15-18(29)24-19)14-17-8-6-7-16(12-17)13-27-9-4-5-10-27/h6-7,12,17H,2-5,8-11,13-15H2,1H3,(H,24,29)(H2,23,25,26). The number of aromatic nitrogens is 2. The third-order valence-electron chi connectivity index (χ3n) is 5.81. The summed E-state index contributed by atoms with van der Waals surface area (Å²) in [5.41, 5.74) is 7.97. The summed E-state index contributed by atoms with van der Waals surface area (Å²) in [5, 5.41) is 2.82. The quantitative estimate of drug-likeness (QED) is 0.634. The van der Waals surface area contributed by atoms with Crippen molar-refractivity contribution in [3.05, 3.63) is 23.8 Å². The summed E-state index contributed by atoms with van der Waals surface area (Å²) in [7, 11) is 0. The molecule has 1 saturated heterocycles. The molecule has 0 spiro atoms. The number of carbonyl (C=O) groups excluding carboxylic acids is 1. The lowest BCUT2D eigenvalue weighted by Gasteiger charge is -2.33. The SMILES string of the molecule is CCCCOc1nc(N)c2c(n1)N(CC1C=C(CN3CCCC3)C=CC1)CC(=O)N2. The van der Waals surface area contributed by atoms with E-state index in [2.05, 4.69) is 45.3 Å². The second-order valence-electron chi connectivity index (χ2n) is 8.34. The van der Waals surface area contributed by atoms with Crippen LogP contribution in [-0.4, -0.2) is 60.1 Å². The van der Waals surface area contributed by atoms with E-state index in [1.807, 2.05) is 4.90 Å². The highest BCUT2D eigenvalue weighted by Crippen LogP contribution is 2.34. The van der Waals surface area contributed by atoms with Gasteiger partial charge in [-0.3, -0.25) is 9.69 Å². The van der Waals surface area contributed by atoms with Gasteiger partial charge in [0.05, 0.1) is 13.2 Å². The topological polar surface area (TPSA) is 96.6 Å². The molecule has 0 radical (unpaired) electrons. The second kappa shape index (κ2) is 9.47. The monoisotopic (exact) mass is 412 g/mol. The Morgan fingerprint density at radius 1 is 1.30 bits per heavy atom. The van der Waals surface area contributed by atoms with Gasteiger partial charge in [-0.05, 0) is 50.3 Å². The molecule has 0 aromatic carbocycles. The number of hydrogen-bond acceptors (Lipinski definition) is 7. The van der Waals surface area contributed by atoms with Gasteiger partial charge >= 0.3 is 6.01 Å². The number of anilines is 3. The minimum absolute atomic E-state index is 0.0925. The smallest absolute Gasteiger partial charge is 0.320 e. The van der Waals surface area contributed by atoms with Crippen molar-refractivity contribution >= 4 is 23.2 Å². The van der Waals surface area contributed by atoms with Crippen molar-refractivity contribution < 1.29 is 9.53 Å². The molecule has 3 heterocycles. The highest BCUT2D eigenvalue weighted by molar-refractivity contribution is 6.03. The molecule has 1 aliphatic carbocycles. The number of allylic oxidation sites excluding steroid dienone is 1. The van der Waals surface area contributed by atoms with Crippen LogP contribution in [0.15, 0.2) is 23.8 Å². The first kappa shape index (κ1) is 20.7. The van der Waals surface area contributed by atoms with Gasteiger partial charge in [-0.25, -0.2) is 0 Å². The molecule has 1 unspecified atom stereocenters. The number of nitrogens with one attached hydrogen (secondary N) is 1. The molecule has 1 atom stereocenters. The van der Waals surface area contributed by atoms with Crippen LogP contribution < -0.4 is 20.7 Å². The van der Waals surface area contributed by atoms with Gasteiger partial charge in [0.2, 0.25) is 5.91 Å². The maximum absolute atomic E-state index is 12.3. The van der Waals surface area contributed by atoms with Gasteiger partial charge in [0.25, 0.3) is 0 Å². The summed E-state index contributed by atoms with van der Waals surface area (Å²) in [6.07, 6.45) is 12.3. The van der Waals surface area contributed by atoms with Crippen LogP contribution in [0.4, 0.5) is 17.3 Å². The first-order valence-electron chi connectivity index (χ1n) is 11.1. The van der Waals surface area contributed by atoms with Crippen molar-refractivity contribution in [2.45, 2.75) is 39.0 Å². The molecule has 0 saturated carbocycles. The first-order chi connectivity index (χ1) is 14.6. The minimum atomic E-state index is -0.0925. The Morgan fingerprint density at radius 3 is 2.93 bits per heavy atom. The molecule has 8 heteroatoms. The summed E-state index contributed by atoms with van der Waals surface area (Å²) in [6, 6.07) is 0.273. The van der Waals surface area contributed by atoms with Crippen molar-refractivity contribution in [1.29, 1.82) is 0 Å². The predicted molar refractivity (Wildman–Crippen MR) is 119 cm³/mol. The number of unbranched alkanes of at least 4 members (excludes halogenated alkanes) is 1.